The minimum Gasteiger partial charge on any atom is -0.394 e. The zero-order valence-corrected chi connectivity index (χ0v) is 29.9. The third-order valence-electron chi connectivity index (χ3n) is 7.90. The van der Waals surface area contributed by atoms with Crippen LogP contribution in [-0.4, -0.2) is 107 Å². The molecule has 0 radical (unpaired) electrons. The van der Waals surface area contributed by atoms with Gasteiger partial charge in [-0.05, 0) is 57.8 Å². The highest BCUT2D eigenvalue weighted by atomic mass is 32.3. The molecule has 1 fully saturated rings. The number of carbonyl (C=O) groups excluding carboxylic acids is 1. The second-order valence-electron chi connectivity index (χ2n) is 12.2. The summed E-state index contributed by atoms with van der Waals surface area (Å²) < 4.78 is 47.1. The molecule has 284 valence electrons. The Hall–Kier alpha value is -1.98. The summed E-state index contributed by atoms with van der Waals surface area (Å²) in [6.07, 6.45) is 16.8. The Morgan fingerprint density at radius 3 is 2.00 bits per heavy atom. The maximum atomic E-state index is 12.9. The van der Waals surface area contributed by atoms with Gasteiger partial charge in [0.25, 0.3) is 0 Å². The summed E-state index contributed by atoms with van der Waals surface area (Å²) in [5.74, 6) is -0.738. The number of hydrogen-bond acceptors (Lipinski definition) is 11. The SMILES string of the molecule is CCC/C=C/CC/C=C/CC/C=C/C(O)C(COC1OC(CO)C(O)C(OS(=O)(=O)O)C1O)NC(=O)C(O)CCCCC/C=C\CCCC. The molecule has 1 aliphatic rings. The normalized spacial score (nSPS) is 24.0. The molecule has 8 unspecified atom stereocenters. The van der Waals surface area contributed by atoms with E-state index >= 15 is 0 Å². The van der Waals surface area contributed by atoms with Crippen molar-refractivity contribution < 1.29 is 57.0 Å². The first-order valence-electron chi connectivity index (χ1n) is 17.6. The van der Waals surface area contributed by atoms with Gasteiger partial charge in [-0.25, -0.2) is 4.18 Å². The maximum absolute atomic E-state index is 12.9. The quantitative estimate of drug-likeness (QED) is 0.0369. The van der Waals surface area contributed by atoms with Gasteiger partial charge in [-0.3, -0.25) is 9.35 Å². The molecule has 1 heterocycles. The molecule has 13 nitrogen and oxygen atoms in total. The number of ether oxygens (including phenoxy) is 2. The first kappa shape index (κ1) is 45.0. The van der Waals surface area contributed by atoms with E-state index in [1.54, 1.807) is 6.08 Å². The van der Waals surface area contributed by atoms with Crippen molar-refractivity contribution in [1.82, 2.24) is 5.32 Å². The van der Waals surface area contributed by atoms with Crippen molar-refractivity contribution in [3.8, 4) is 0 Å². The van der Waals surface area contributed by atoms with Gasteiger partial charge in [-0.1, -0.05) is 94.6 Å². The maximum Gasteiger partial charge on any atom is 0.397 e. The van der Waals surface area contributed by atoms with Gasteiger partial charge in [0.15, 0.2) is 6.29 Å². The third-order valence-corrected chi connectivity index (χ3v) is 8.36. The average Bonchev–Trinajstić information content (AvgIpc) is 3.06. The highest BCUT2D eigenvalue weighted by molar-refractivity contribution is 7.80. The average molecular weight is 720 g/mol. The molecule has 8 atom stereocenters. The van der Waals surface area contributed by atoms with E-state index in [0.29, 0.717) is 12.8 Å². The van der Waals surface area contributed by atoms with Crippen LogP contribution in [-0.2, 0) is 28.9 Å². The number of rotatable bonds is 27. The lowest BCUT2D eigenvalue weighted by molar-refractivity contribution is -0.298. The molecule has 0 bridgehead atoms. The number of allylic oxidation sites excluding steroid dienone is 7. The fourth-order valence-electron chi connectivity index (χ4n) is 5.01. The van der Waals surface area contributed by atoms with Gasteiger partial charge in [0.05, 0.1) is 25.4 Å². The number of hydrogen-bond donors (Lipinski definition) is 7. The molecular weight excluding hydrogens is 658 g/mol. The van der Waals surface area contributed by atoms with E-state index < -0.39 is 78.5 Å². The first-order chi connectivity index (χ1) is 23.4. The summed E-state index contributed by atoms with van der Waals surface area (Å²) in [4.78, 5) is 12.9. The monoisotopic (exact) mass is 719 g/mol. The topological polar surface area (TPSA) is 212 Å². The molecule has 7 N–H and O–H groups in total. The van der Waals surface area contributed by atoms with Gasteiger partial charge in [0, 0.05) is 0 Å². The van der Waals surface area contributed by atoms with Crippen LogP contribution in [0.15, 0.2) is 48.6 Å². The van der Waals surface area contributed by atoms with Gasteiger partial charge < -0.3 is 40.3 Å². The molecular formula is C35H61NO12S. The van der Waals surface area contributed by atoms with E-state index in [0.717, 1.165) is 70.6 Å². The lowest BCUT2D eigenvalue weighted by atomic mass is 9.99. The van der Waals surface area contributed by atoms with Gasteiger partial charge in [0.2, 0.25) is 5.91 Å². The molecule has 0 aromatic rings. The summed E-state index contributed by atoms with van der Waals surface area (Å²) in [5, 5.41) is 54.5. The standard InChI is InChI=1S/C35H61NO12S/c1-3-5-7-9-11-13-14-16-17-19-21-23-28(38)27(36-34(42)29(39)24-22-20-18-15-12-10-8-6-4-2)26-46-35-32(41)33(48-49(43,44)45)31(40)30(25-37)47-35/h7,9-10,12,14,16,21,23,27-33,35,37-41H,3-6,8,11,13,15,17-20,22,24-26H2,1-2H3,(H,36,42)(H,43,44,45)/b9-7+,12-10-,16-14+,23-21+. The second-order valence-corrected chi connectivity index (χ2v) is 13.3. The molecule has 0 spiro atoms. The summed E-state index contributed by atoms with van der Waals surface area (Å²) in [7, 11) is -5.12. The van der Waals surface area contributed by atoms with Crippen LogP contribution < -0.4 is 5.32 Å². The number of unbranched alkanes of at least 4 members (excludes halogenated alkanes) is 8. The third kappa shape index (κ3) is 20.5. The number of aliphatic hydroxyl groups is 5. The molecule has 1 amide bonds. The number of nitrogens with one attached hydrogen (secondary N) is 1. The molecule has 0 aromatic carbocycles. The zero-order chi connectivity index (χ0) is 36.5. The van der Waals surface area contributed by atoms with Crippen molar-refractivity contribution in [3.05, 3.63) is 48.6 Å². The number of carbonyl (C=O) groups is 1. The minimum absolute atomic E-state index is 0.209. The van der Waals surface area contributed by atoms with Crippen molar-refractivity contribution in [2.45, 2.75) is 153 Å². The van der Waals surface area contributed by atoms with Gasteiger partial charge >= 0.3 is 10.4 Å². The molecule has 0 aliphatic carbocycles. The smallest absolute Gasteiger partial charge is 0.394 e. The van der Waals surface area contributed by atoms with Crippen LogP contribution in [0.4, 0.5) is 0 Å². The van der Waals surface area contributed by atoms with E-state index in [1.165, 1.54) is 6.08 Å². The van der Waals surface area contributed by atoms with Crippen molar-refractivity contribution in [1.29, 1.82) is 0 Å². The Bertz CT molecular complexity index is 1100. The summed E-state index contributed by atoms with van der Waals surface area (Å²) in [5.41, 5.74) is 0. The van der Waals surface area contributed by atoms with Crippen LogP contribution >= 0.6 is 0 Å². The predicted octanol–water partition coefficient (Wildman–Crippen LogP) is 3.56. The molecule has 0 saturated carbocycles. The fraction of sp³-hybridized carbons (Fsp3) is 0.743. The number of amides is 1. The molecule has 1 rings (SSSR count). The van der Waals surface area contributed by atoms with Crippen LogP contribution in [0, 0.1) is 0 Å². The largest absolute Gasteiger partial charge is 0.397 e. The first-order valence-corrected chi connectivity index (χ1v) is 19.0. The summed E-state index contributed by atoms with van der Waals surface area (Å²) in [6.45, 7) is 2.98. The second kappa shape index (κ2) is 26.8. The summed E-state index contributed by atoms with van der Waals surface area (Å²) >= 11 is 0. The van der Waals surface area contributed by atoms with E-state index in [-0.39, 0.29) is 6.42 Å². The Morgan fingerprint density at radius 1 is 0.816 bits per heavy atom. The van der Waals surface area contributed by atoms with E-state index in [4.69, 9.17) is 14.0 Å². The summed E-state index contributed by atoms with van der Waals surface area (Å²) in [6, 6.07) is -1.15. The number of aliphatic hydroxyl groups excluding tert-OH is 5. The molecule has 0 aromatic heterocycles. The Kier molecular flexibility index (Phi) is 24.6. The zero-order valence-electron chi connectivity index (χ0n) is 29.1. The van der Waals surface area contributed by atoms with Gasteiger partial charge in [0.1, 0.15) is 30.5 Å². The van der Waals surface area contributed by atoms with E-state index in [9.17, 15) is 38.7 Å². The fourth-order valence-corrected chi connectivity index (χ4v) is 5.51. The molecule has 1 saturated heterocycles. The van der Waals surface area contributed by atoms with Crippen LogP contribution in [0.1, 0.15) is 104 Å². The van der Waals surface area contributed by atoms with E-state index in [2.05, 4.69) is 53.7 Å². The molecule has 1 aliphatic heterocycles. The Labute approximate surface area is 292 Å². The lowest BCUT2D eigenvalue weighted by Gasteiger charge is -2.41. The minimum atomic E-state index is -5.12. The van der Waals surface area contributed by atoms with Crippen molar-refractivity contribution in [3.63, 3.8) is 0 Å². The van der Waals surface area contributed by atoms with Crippen LogP contribution in [0.2, 0.25) is 0 Å². The predicted molar refractivity (Wildman–Crippen MR) is 187 cm³/mol. The Morgan fingerprint density at radius 2 is 1.41 bits per heavy atom. The van der Waals surface area contributed by atoms with Crippen LogP contribution in [0.25, 0.3) is 0 Å². The molecule has 49 heavy (non-hydrogen) atoms. The van der Waals surface area contributed by atoms with E-state index in [1.807, 2.05) is 6.08 Å². The van der Waals surface area contributed by atoms with Crippen LogP contribution in [0.5, 0.6) is 0 Å². The van der Waals surface area contributed by atoms with Crippen LogP contribution in [0.3, 0.4) is 0 Å². The van der Waals surface area contributed by atoms with Crippen molar-refractivity contribution in [2.24, 2.45) is 0 Å². The molecule has 14 heteroatoms. The van der Waals surface area contributed by atoms with Gasteiger partial charge in [-0.2, -0.15) is 8.42 Å². The highest BCUT2D eigenvalue weighted by Gasteiger charge is 2.48. The Balaban J connectivity index is 2.83. The lowest BCUT2D eigenvalue weighted by Crippen LogP contribution is -2.61. The van der Waals surface area contributed by atoms with Gasteiger partial charge in [-0.15, -0.1) is 0 Å². The van der Waals surface area contributed by atoms with Crippen molar-refractivity contribution in [2.75, 3.05) is 13.2 Å². The highest BCUT2D eigenvalue weighted by Crippen LogP contribution is 2.26. The van der Waals surface area contributed by atoms with Crippen molar-refractivity contribution >= 4 is 16.3 Å².